The van der Waals surface area contributed by atoms with Gasteiger partial charge in [-0.05, 0) is 18.8 Å². The van der Waals surface area contributed by atoms with Gasteiger partial charge in [-0.25, -0.2) is 0 Å². The molecule has 0 saturated heterocycles. The molecule has 1 atom stereocenters. The molecule has 3 rings (SSSR count). The molecule has 1 aromatic rings. The molecule has 104 valence electrons. The van der Waals surface area contributed by atoms with Crippen molar-refractivity contribution < 1.29 is 14.2 Å². The summed E-state index contributed by atoms with van der Waals surface area (Å²) in [6.07, 6.45) is 2.51. The minimum Gasteiger partial charge on any atom is -0.486 e. The van der Waals surface area contributed by atoms with E-state index >= 15 is 0 Å². The van der Waals surface area contributed by atoms with Crippen LogP contribution in [0.4, 0.5) is 5.69 Å². The maximum atomic E-state index is 6.29. The summed E-state index contributed by atoms with van der Waals surface area (Å²) >= 11 is 6.29. The van der Waals surface area contributed by atoms with Crippen LogP contribution < -0.4 is 14.8 Å². The Labute approximate surface area is 118 Å². The summed E-state index contributed by atoms with van der Waals surface area (Å²) in [7, 11) is 1.72. The Balaban J connectivity index is 1.79. The van der Waals surface area contributed by atoms with Crippen molar-refractivity contribution in [1.29, 1.82) is 0 Å². The molecule has 1 unspecified atom stereocenters. The van der Waals surface area contributed by atoms with E-state index in [2.05, 4.69) is 5.32 Å². The molecule has 1 saturated carbocycles. The molecule has 1 heterocycles. The van der Waals surface area contributed by atoms with Crippen molar-refractivity contribution >= 4 is 17.3 Å². The molecule has 4 nitrogen and oxygen atoms in total. The minimum absolute atomic E-state index is 0.310. The van der Waals surface area contributed by atoms with Gasteiger partial charge in [0.05, 0.1) is 23.4 Å². The van der Waals surface area contributed by atoms with Crippen LogP contribution in [0.1, 0.15) is 12.8 Å². The summed E-state index contributed by atoms with van der Waals surface area (Å²) in [5.41, 5.74) is 0.889. The third-order valence-corrected chi connectivity index (χ3v) is 3.82. The van der Waals surface area contributed by atoms with Crippen LogP contribution in [0, 0.1) is 5.92 Å². The highest BCUT2D eigenvalue weighted by atomic mass is 35.5. The first-order valence-corrected chi connectivity index (χ1v) is 7.00. The highest BCUT2D eigenvalue weighted by Crippen LogP contribution is 2.40. The van der Waals surface area contributed by atoms with Crippen LogP contribution in [0.25, 0.3) is 0 Å². The lowest BCUT2D eigenvalue weighted by Gasteiger charge is -2.23. The lowest BCUT2D eigenvalue weighted by Crippen LogP contribution is -2.27. The molecule has 1 fully saturated rings. The second kappa shape index (κ2) is 5.47. The quantitative estimate of drug-likeness (QED) is 0.902. The van der Waals surface area contributed by atoms with E-state index in [0.29, 0.717) is 36.8 Å². The van der Waals surface area contributed by atoms with Gasteiger partial charge < -0.3 is 19.5 Å². The van der Waals surface area contributed by atoms with Gasteiger partial charge in [0.15, 0.2) is 11.5 Å². The average Bonchev–Trinajstić information content (AvgIpc) is 3.23. The van der Waals surface area contributed by atoms with Gasteiger partial charge in [-0.1, -0.05) is 11.6 Å². The van der Waals surface area contributed by atoms with E-state index in [1.807, 2.05) is 12.1 Å². The Morgan fingerprint density at radius 3 is 2.63 bits per heavy atom. The molecular formula is C14H18ClNO3. The van der Waals surface area contributed by atoms with E-state index in [0.717, 1.165) is 17.2 Å². The first kappa shape index (κ1) is 12.9. The van der Waals surface area contributed by atoms with E-state index in [-0.39, 0.29) is 0 Å². The lowest BCUT2D eigenvalue weighted by molar-refractivity contribution is 0.171. The smallest absolute Gasteiger partial charge is 0.163 e. The highest BCUT2D eigenvalue weighted by Gasteiger charge is 2.31. The van der Waals surface area contributed by atoms with Crippen molar-refractivity contribution in [3.8, 4) is 11.5 Å². The van der Waals surface area contributed by atoms with E-state index < -0.39 is 0 Å². The zero-order valence-corrected chi connectivity index (χ0v) is 11.7. The number of ether oxygens (including phenoxy) is 3. The number of methoxy groups -OCH3 is 1. The van der Waals surface area contributed by atoms with Crippen molar-refractivity contribution in [2.75, 3.05) is 32.2 Å². The van der Waals surface area contributed by atoms with Crippen molar-refractivity contribution in [1.82, 2.24) is 0 Å². The molecule has 0 spiro atoms. The molecule has 1 aromatic carbocycles. The van der Waals surface area contributed by atoms with Crippen LogP contribution >= 0.6 is 11.6 Å². The number of benzene rings is 1. The maximum absolute atomic E-state index is 6.29. The number of hydrogen-bond donors (Lipinski definition) is 1. The summed E-state index contributed by atoms with van der Waals surface area (Å²) < 4.78 is 16.4. The minimum atomic E-state index is 0.310. The summed E-state index contributed by atoms with van der Waals surface area (Å²) in [5.74, 6) is 2.16. The fourth-order valence-electron chi connectivity index (χ4n) is 2.35. The second-order valence-corrected chi connectivity index (χ2v) is 5.43. The van der Waals surface area contributed by atoms with Gasteiger partial charge in [0, 0.05) is 19.2 Å². The molecule has 2 aliphatic rings. The van der Waals surface area contributed by atoms with Crippen LogP contribution in [-0.2, 0) is 4.74 Å². The number of nitrogens with one attached hydrogen (secondary N) is 1. The van der Waals surface area contributed by atoms with Crippen molar-refractivity contribution in [2.24, 2.45) is 5.92 Å². The Hall–Kier alpha value is -1.13. The number of fused-ring (bicyclic) bond motifs is 1. The Morgan fingerprint density at radius 2 is 2.00 bits per heavy atom. The molecule has 1 aliphatic heterocycles. The standard InChI is InChI=1S/C14H18ClNO3/c1-17-8-12(9-2-3-9)16-11-7-14-13(6-10(11)15)18-4-5-19-14/h6-7,9,12,16H,2-5,8H2,1H3. The van der Waals surface area contributed by atoms with Crippen LogP contribution in [0.3, 0.4) is 0 Å². The van der Waals surface area contributed by atoms with Gasteiger partial charge in [0.1, 0.15) is 13.2 Å². The topological polar surface area (TPSA) is 39.7 Å². The first-order valence-electron chi connectivity index (χ1n) is 6.62. The summed E-state index contributed by atoms with van der Waals surface area (Å²) in [4.78, 5) is 0. The summed E-state index contributed by atoms with van der Waals surface area (Å²) in [6.45, 7) is 1.85. The molecule has 0 bridgehead atoms. The van der Waals surface area contributed by atoms with Crippen molar-refractivity contribution in [3.05, 3.63) is 17.2 Å². The van der Waals surface area contributed by atoms with Crippen molar-refractivity contribution in [3.63, 3.8) is 0 Å². The molecule has 0 aromatic heterocycles. The van der Waals surface area contributed by atoms with Gasteiger partial charge in [0.2, 0.25) is 0 Å². The largest absolute Gasteiger partial charge is 0.486 e. The Bertz CT molecular complexity index is 462. The zero-order chi connectivity index (χ0) is 13.2. The van der Waals surface area contributed by atoms with E-state index in [1.54, 1.807) is 7.11 Å². The van der Waals surface area contributed by atoms with Crippen LogP contribution in [-0.4, -0.2) is 33.0 Å². The van der Waals surface area contributed by atoms with E-state index in [9.17, 15) is 0 Å². The molecule has 0 amide bonds. The monoisotopic (exact) mass is 283 g/mol. The number of rotatable bonds is 5. The predicted molar refractivity (Wildman–Crippen MR) is 74.5 cm³/mol. The van der Waals surface area contributed by atoms with Gasteiger partial charge in [-0.15, -0.1) is 0 Å². The van der Waals surface area contributed by atoms with Crippen LogP contribution in [0.2, 0.25) is 5.02 Å². The fourth-order valence-corrected chi connectivity index (χ4v) is 2.56. The Morgan fingerprint density at radius 1 is 1.32 bits per heavy atom. The predicted octanol–water partition coefficient (Wildman–Crippen LogP) is 2.95. The van der Waals surface area contributed by atoms with Gasteiger partial charge in [-0.2, -0.15) is 0 Å². The maximum Gasteiger partial charge on any atom is 0.163 e. The molecule has 0 radical (unpaired) electrons. The molecule has 19 heavy (non-hydrogen) atoms. The molecule has 5 heteroatoms. The third-order valence-electron chi connectivity index (χ3n) is 3.51. The molecular weight excluding hydrogens is 266 g/mol. The zero-order valence-electron chi connectivity index (χ0n) is 10.9. The SMILES string of the molecule is COCC(Nc1cc2c(cc1Cl)OCCO2)C1CC1. The van der Waals surface area contributed by atoms with Crippen LogP contribution in [0.15, 0.2) is 12.1 Å². The normalized spacial score (nSPS) is 19.1. The van der Waals surface area contributed by atoms with E-state index in [4.69, 9.17) is 25.8 Å². The summed E-state index contributed by atoms with van der Waals surface area (Å²) in [6, 6.07) is 4.04. The lowest BCUT2D eigenvalue weighted by atomic mass is 10.1. The average molecular weight is 284 g/mol. The van der Waals surface area contributed by atoms with Crippen LogP contribution in [0.5, 0.6) is 11.5 Å². The number of anilines is 1. The number of halogens is 1. The van der Waals surface area contributed by atoms with Gasteiger partial charge >= 0.3 is 0 Å². The van der Waals surface area contributed by atoms with Crippen molar-refractivity contribution in [2.45, 2.75) is 18.9 Å². The van der Waals surface area contributed by atoms with E-state index in [1.165, 1.54) is 12.8 Å². The third kappa shape index (κ3) is 2.90. The Kier molecular flexibility index (Phi) is 3.71. The second-order valence-electron chi connectivity index (χ2n) is 5.02. The number of hydrogen-bond acceptors (Lipinski definition) is 4. The fraction of sp³-hybridized carbons (Fsp3) is 0.571. The van der Waals surface area contributed by atoms with Gasteiger partial charge in [0.25, 0.3) is 0 Å². The highest BCUT2D eigenvalue weighted by molar-refractivity contribution is 6.33. The molecule has 1 aliphatic carbocycles. The molecule has 1 N–H and O–H groups in total. The summed E-state index contributed by atoms with van der Waals surface area (Å²) in [5, 5.41) is 4.13. The first-order chi connectivity index (χ1) is 9.28. The van der Waals surface area contributed by atoms with Gasteiger partial charge in [-0.3, -0.25) is 0 Å².